The summed E-state index contributed by atoms with van der Waals surface area (Å²) in [5, 5.41) is 9.31. The second-order valence-corrected chi connectivity index (χ2v) is 6.03. The summed E-state index contributed by atoms with van der Waals surface area (Å²) < 4.78 is 5.40. The van der Waals surface area contributed by atoms with Crippen molar-refractivity contribution in [3.8, 4) is 0 Å². The van der Waals surface area contributed by atoms with Gasteiger partial charge in [-0.15, -0.1) is 0 Å². The van der Waals surface area contributed by atoms with Crippen LogP contribution in [0.15, 0.2) is 0 Å². The van der Waals surface area contributed by atoms with Crippen LogP contribution in [0.5, 0.6) is 0 Å². The molecule has 0 amide bonds. The van der Waals surface area contributed by atoms with E-state index in [1.165, 1.54) is 6.42 Å². The van der Waals surface area contributed by atoms with Crippen molar-refractivity contribution in [1.82, 2.24) is 9.80 Å². The van der Waals surface area contributed by atoms with Crippen molar-refractivity contribution in [3.05, 3.63) is 0 Å². The molecule has 0 spiro atoms. The third kappa shape index (κ3) is 2.78. The Balaban J connectivity index is 1.57. The number of carbonyl (C=O) groups is 1. The number of carboxylic acids is 1. The predicted octanol–water partition coefficient (Wildman–Crippen LogP) is 0.646. The molecule has 2 saturated heterocycles. The molecule has 3 atom stereocenters. The van der Waals surface area contributed by atoms with E-state index in [1.54, 1.807) is 0 Å². The Labute approximate surface area is 114 Å². The summed E-state index contributed by atoms with van der Waals surface area (Å²) in [7, 11) is 0. The first kappa shape index (κ1) is 13.3. The number of hydrogen-bond donors (Lipinski definition) is 1. The molecule has 5 nitrogen and oxygen atoms in total. The smallest absolute Gasteiger partial charge is 0.308 e. The summed E-state index contributed by atoms with van der Waals surface area (Å²) in [5.41, 5.74) is 0. The lowest BCUT2D eigenvalue weighted by Gasteiger charge is -2.33. The van der Waals surface area contributed by atoms with Crippen molar-refractivity contribution in [1.29, 1.82) is 0 Å². The Morgan fingerprint density at radius 3 is 2.58 bits per heavy atom. The molecule has 3 aliphatic rings. The molecule has 2 heterocycles. The maximum Gasteiger partial charge on any atom is 0.308 e. The Morgan fingerprint density at radius 2 is 1.84 bits per heavy atom. The van der Waals surface area contributed by atoms with E-state index in [-0.39, 0.29) is 12.0 Å². The van der Waals surface area contributed by atoms with E-state index in [0.717, 1.165) is 58.7 Å². The van der Waals surface area contributed by atoms with Gasteiger partial charge in [0, 0.05) is 38.3 Å². The van der Waals surface area contributed by atoms with Gasteiger partial charge in [-0.25, -0.2) is 0 Å². The van der Waals surface area contributed by atoms with E-state index in [0.29, 0.717) is 6.04 Å². The molecule has 0 aromatic carbocycles. The number of ether oxygens (including phenoxy) is 1. The number of aliphatic carboxylic acids is 1. The van der Waals surface area contributed by atoms with E-state index in [1.807, 2.05) is 0 Å². The highest BCUT2D eigenvalue weighted by Gasteiger charge is 2.40. The van der Waals surface area contributed by atoms with Gasteiger partial charge in [0.05, 0.1) is 19.1 Å². The Hall–Kier alpha value is -0.650. The molecule has 108 valence electrons. The van der Waals surface area contributed by atoms with Crippen LogP contribution in [0.25, 0.3) is 0 Å². The maximum atomic E-state index is 11.3. The number of morpholine rings is 1. The summed E-state index contributed by atoms with van der Waals surface area (Å²) in [6, 6.07) is 0.891. The molecule has 1 saturated carbocycles. The van der Waals surface area contributed by atoms with E-state index in [4.69, 9.17) is 4.74 Å². The molecule has 0 bridgehead atoms. The van der Waals surface area contributed by atoms with E-state index in [9.17, 15) is 9.90 Å². The third-order valence-electron chi connectivity index (χ3n) is 5.02. The normalized spacial score (nSPS) is 37.8. The van der Waals surface area contributed by atoms with Crippen molar-refractivity contribution in [2.75, 3.05) is 39.4 Å². The van der Waals surface area contributed by atoms with Crippen molar-refractivity contribution >= 4 is 5.97 Å². The van der Waals surface area contributed by atoms with Crippen LogP contribution in [-0.4, -0.2) is 72.4 Å². The molecule has 0 radical (unpaired) electrons. The zero-order chi connectivity index (χ0) is 13.2. The zero-order valence-electron chi connectivity index (χ0n) is 11.5. The second kappa shape index (κ2) is 5.77. The molecule has 3 fully saturated rings. The molecular formula is C14H24N2O3. The largest absolute Gasteiger partial charge is 0.481 e. The highest BCUT2D eigenvalue weighted by molar-refractivity contribution is 5.71. The van der Waals surface area contributed by atoms with Gasteiger partial charge in [-0.2, -0.15) is 0 Å². The average molecular weight is 268 g/mol. The first-order valence-electron chi connectivity index (χ1n) is 7.54. The second-order valence-electron chi connectivity index (χ2n) is 6.03. The molecule has 0 aromatic heterocycles. The fraction of sp³-hybridized carbons (Fsp3) is 0.929. The molecular weight excluding hydrogens is 244 g/mol. The van der Waals surface area contributed by atoms with Gasteiger partial charge >= 0.3 is 5.97 Å². The van der Waals surface area contributed by atoms with Crippen LogP contribution in [0.4, 0.5) is 0 Å². The van der Waals surface area contributed by atoms with Crippen LogP contribution in [0.3, 0.4) is 0 Å². The molecule has 0 aromatic rings. The van der Waals surface area contributed by atoms with Gasteiger partial charge in [0.15, 0.2) is 0 Å². The van der Waals surface area contributed by atoms with Gasteiger partial charge in [-0.05, 0) is 19.3 Å². The highest BCUT2D eigenvalue weighted by Crippen LogP contribution is 2.33. The van der Waals surface area contributed by atoms with E-state index >= 15 is 0 Å². The quantitative estimate of drug-likeness (QED) is 0.814. The van der Waals surface area contributed by atoms with Crippen LogP contribution in [-0.2, 0) is 9.53 Å². The predicted molar refractivity (Wildman–Crippen MR) is 71.1 cm³/mol. The fourth-order valence-corrected chi connectivity index (χ4v) is 3.98. The number of carboxylic acid groups (broad SMARTS) is 1. The summed E-state index contributed by atoms with van der Waals surface area (Å²) in [6.45, 7) is 5.87. The Morgan fingerprint density at radius 1 is 1.05 bits per heavy atom. The summed E-state index contributed by atoms with van der Waals surface area (Å²) in [5.74, 6) is -0.735. The van der Waals surface area contributed by atoms with E-state index < -0.39 is 5.97 Å². The lowest BCUT2D eigenvalue weighted by atomic mass is 10.0. The molecule has 1 aliphatic carbocycles. The highest BCUT2D eigenvalue weighted by atomic mass is 16.5. The molecule has 19 heavy (non-hydrogen) atoms. The monoisotopic (exact) mass is 268 g/mol. The molecule has 1 N–H and O–H groups in total. The van der Waals surface area contributed by atoms with Crippen molar-refractivity contribution in [3.63, 3.8) is 0 Å². The van der Waals surface area contributed by atoms with E-state index in [2.05, 4.69) is 9.80 Å². The number of nitrogens with zero attached hydrogens (tertiary/aromatic N) is 2. The van der Waals surface area contributed by atoms with Crippen LogP contribution in [0.1, 0.15) is 25.7 Å². The van der Waals surface area contributed by atoms with Crippen molar-refractivity contribution < 1.29 is 14.6 Å². The first-order valence-corrected chi connectivity index (χ1v) is 7.54. The van der Waals surface area contributed by atoms with Gasteiger partial charge < -0.3 is 9.84 Å². The van der Waals surface area contributed by atoms with Crippen LogP contribution < -0.4 is 0 Å². The average Bonchev–Trinajstić information content (AvgIpc) is 3.08. The lowest BCUT2D eigenvalue weighted by Crippen LogP contribution is -2.46. The van der Waals surface area contributed by atoms with Crippen molar-refractivity contribution in [2.24, 2.45) is 5.92 Å². The summed E-state index contributed by atoms with van der Waals surface area (Å²) >= 11 is 0. The van der Waals surface area contributed by atoms with Gasteiger partial charge in [-0.3, -0.25) is 14.6 Å². The maximum absolute atomic E-state index is 11.3. The Kier molecular flexibility index (Phi) is 4.05. The minimum absolute atomic E-state index is 0.136. The minimum atomic E-state index is -0.600. The fourth-order valence-electron chi connectivity index (χ4n) is 3.98. The zero-order valence-corrected chi connectivity index (χ0v) is 11.5. The van der Waals surface area contributed by atoms with Crippen molar-refractivity contribution in [2.45, 2.75) is 37.8 Å². The van der Waals surface area contributed by atoms with Gasteiger partial charge in [0.1, 0.15) is 0 Å². The summed E-state index contributed by atoms with van der Waals surface area (Å²) in [4.78, 5) is 16.3. The topological polar surface area (TPSA) is 53.0 Å². The lowest BCUT2D eigenvalue weighted by molar-refractivity contribution is -0.143. The summed E-state index contributed by atoms with van der Waals surface area (Å²) in [6.07, 6.45) is 4.18. The van der Waals surface area contributed by atoms with Gasteiger partial charge in [0.2, 0.25) is 0 Å². The number of likely N-dealkylation sites (tertiary alicyclic amines) is 1. The third-order valence-corrected chi connectivity index (χ3v) is 5.02. The molecule has 3 rings (SSSR count). The molecule has 5 heteroatoms. The van der Waals surface area contributed by atoms with Crippen LogP contribution in [0, 0.1) is 5.92 Å². The SMILES string of the molecule is O=C(O)C1CCCC1N1CCC(N2CCOCC2)C1. The van der Waals surface area contributed by atoms with Gasteiger partial charge in [-0.1, -0.05) is 6.42 Å². The molecule has 2 aliphatic heterocycles. The number of rotatable bonds is 3. The van der Waals surface area contributed by atoms with Crippen LogP contribution in [0.2, 0.25) is 0 Å². The number of hydrogen-bond acceptors (Lipinski definition) is 4. The Bertz CT molecular complexity index is 331. The van der Waals surface area contributed by atoms with Gasteiger partial charge in [0.25, 0.3) is 0 Å². The first-order chi connectivity index (χ1) is 9.25. The van der Waals surface area contributed by atoms with Crippen LogP contribution >= 0.6 is 0 Å². The minimum Gasteiger partial charge on any atom is -0.481 e. The standard InChI is InChI=1S/C14H24N2O3/c17-14(18)12-2-1-3-13(12)16-5-4-11(10-16)15-6-8-19-9-7-15/h11-13H,1-10H2,(H,17,18). The molecule has 3 unspecified atom stereocenters.